The van der Waals surface area contributed by atoms with E-state index >= 15 is 0 Å². The highest BCUT2D eigenvalue weighted by Gasteiger charge is 2.20. The molecule has 0 aromatic heterocycles. The van der Waals surface area contributed by atoms with Gasteiger partial charge in [-0.1, -0.05) is 400 Å². The van der Waals surface area contributed by atoms with E-state index in [0.29, 0.717) is 19.3 Å². The Balaban J connectivity index is 4.14. The second-order valence-corrected chi connectivity index (χ2v) is 25.6. The molecule has 0 saturated carbocycles. The molecule has 0 N–H and O–H groups in total. The van der Waals surface area contributed by atoms with Gasteiger partial charge in [-0.3, -0.25) is 14.4 Å². The van der Waals surface area contributed by atoms with E-state index in [0.717, 1.165) is 57.8 Å². The Morgan fingerprint density at radius 1 is 0.200 bits per heavy atom. The average molecular weight is 1130 g/mol. The summed E-state index contributed by atoms with van der Waals surface area (Å²) in [7, 11) is 0. The van der Waals surface area contributed by atoms with Crippen molar-refractivity contribution < 1.29 is 28.6 Å². The smallest absolute Gasteiger partial charge is 0.306 e. The summed E-state index contributed by atoms with van der Waals surface area (Å²) in [4.78, 5) is 38.4. The van der Waals surface area contributed by atoms with E-state index in [2.05, 4.69) is 20.8 Å². The molecule has 80 heavy (non-hydrogen) atoms. The van der Waals surface area contributed by atoms with E-state index in [1.165, 1.54) is 340 Å². The van der Waals surface area contributed by atoms with Crippen molar-refractivity contribution in [1.82, 2.24) is 0 Å². The zero-order valence-corrected chi connectivity index (χ0v) is 54.9. The fourth-order valence-corrected chi connectivity index (χ4v) is 11.8. The van der Waals surface area contributed by atoms with Gasteiger partial charge in [0.15, 0.2) is 6.10 Å². The van der Waals surface area contributed by atoms with Crippen molar-refractivity contribution >= 4 is 17.9 Å². The summed E-state index contributed by atoms with van der Waals surface area (Å²) in [6.07, 6.45) is 83.0. The number of unbranched alkanes of at least 4 members (excludes halogenated alkanes) is 59. The number of carbonyl (C=O) groups is 3. The van der Waals surface area contributed by atoms with Crippen LogP contribution >= 0.6 is 0 Å². The summed E-state index contributed by atoms with van der Waals surface area (Å²) >= 11 is 0. The first-order valence-corrected chi connectivity index (χ1v) is 37.0. The van der Waals surface area contributed by atoms with Crippen LogP contribution < -0.4 is 0 Å². The molecule has 0 rings (SSSR count). The highest BCUT2D eigenvalue weighted by atomic mass is 16.6. The van der Waals surface area contributed by atoms with E-state index in [1.807, 2.05) is 0 Å². The molecule has 0 spiro atoms. The van der Waals surface area contributed by atoms with Gasteiger partial charge in [-0.05, 0) is 19.3 Å². The van der Waals surface area contributed by atoms with Gasteiger partial charge >= 0.3 is 17.9 Å². The molecular formula is C74H144O6. The van der Waals surface area contributed by atoms with Crippen molar-refractivity contribution in [2.75, 3.05) is 13.2 Å². The van der Waals surface area contributed by atoms with E-state index in [4.69, 9.17) is 14.2 Å². The lowest BCUT2D eigenvalue weighted by molar-refractivity contribution is -0.167. The summed E-state index contributed by atoms with van der Waals surface area (Å²) in [5, 5.41) is 0. The van der Waals surface area contributed by atoms with E-state index in [1.54, 1.807) is 0 Å². The van der Waals surface area contributed by atoms with Crippen molar-refractivity contribution in [2.45, 2.75) is 444 Å². The Bertz CT molecular complexity index is 1200. The monoisotopic (exact) mass is 1130 g/mol. The predicted octanol–water partition coefficient (Wildman–Crippen LogP) is 25.4. The Kier molecular flexibility index (Phi) is 68.5. The van der Waals surface area contributed by atoms with Crippen LogP contribution in [-0.2, 0) is 28.6 Å². The second-order valence-electron chi connectivity index (χ2n) is 25.6. The molecule has 0 aromatic carbocycles. The molecule has 0 heterocycles. The third-order valence-corrected chi connectivity index (χ3v) is 17.4. The van der Waals surface area contributed by atoms with Crippen LogP contribution in [0.15, 0.2) is 0 Å². The van der Waals surface area contributed by atoms with Crippen LogP contribution in [0.3, 0.4) is 0 Å². The first kappa shape index (κ1) is 78.4. The van der Waals surface area contributed by atoms with Crippen molar-refractivity contribution in [3.63, 3.8) is 0 Å². The van der Waals surface area contributed by atoms with Crippen molar-refractivity contribution in [1.29, 1.82) is 0 Å². The maximum absolute atomic E-state index is 13.0. The van der Waals surface area contributed by atoms with Crippen LogP contribution in [-0.4, -0.2) is 37.2 Å². The molecule has 0 aromatic rings. The summed E-state index contributed by atoms with van der Waals surface area (Å²) in [6, 6.07) is 0. The van der Waals surface area contributed by atoms with E-state index in [-0.39, 0.29) is 31.1 Å². The van der Waals surface area contributed by atoms with Gasteiger partial charge in [-0.15, -0.1) is 0 Å². The highest BCUT2D eigenvalue weighted by Crippen LogP contribution is 2.20. The van der Waals surface area contributed by atoms with Crippen molar-refractivity contribution in [2.24, 2.45) is 0 Å². The quantitative estimate of drug-likeness (QED) is 0.0343. The van der Waals surface area contributed by atoms with Gasteiger partial charge in [0, 0.05) is 19.3 Å². The summed E-state index contributed by atoms with van der Waals surface area (Å²) in [5.41, 5.74) is 0. The van der Waals surface area contributed by atoms with Crippen LogP contribution in [0.5, 0.6) is 0 Å². The Labute approximate surface area is 501 Å². The topological polar surface area (TPSA) is 78.9 Å². The first-order valence-electron chi connectivity index (χ1n) is 37.0. The molecule has 0 saturated heterocycles. The van der Waals surface area contributed by atoms with E-state index < -0.39 is 6.10 Å². The second kappa shape index (κ2) is 69.9. The molecule has 1 atom stereocenters. The van der Waals surface area contributed by atoms with Crippen LogP contribution in [0.4, 0.5) is 0 Å². The normalized spacial score (nSPS) is 11.9. The molecule has 476 valence electrons. The number of carbonyl (C=O) groups excluding carboxylic acids is 3. The molecule has 6 nitrogen and oxygen atoms in total. The molecule has 6 heteroatoms. The molecule has 0 aliphatic heterocycles. The van der Waals surface area contributed by atoms with Crippen LogP contribution in [0.1, 0.15) is 438 Å². The summed E-state index contributed by atoms with van der Waals surface area (Å²) in [5.74, 6) is -0.819. The van der Waals surface area contributed by atoms with Crippen molar-refractivity contribution in [3.05, 3.63) is 0 Å². The minimum absolute atomic E-state index is 0.0601. The van der Waals surface area contributed by atoms with Gasteiger partial charge in [0.05, 0.1) is 0 Å². The fourth-order valence-electron chi connectivity index (χ4n) is 11.8. The highest BCUT2D eigenvalue weighted by molar-refractivity contribution is 5.71. The maximum atomic E-state index is 13.0. The summed E-state index contributed by atoms with van der Waals surface area (Å²) in [6.45, 7) is 6.74. The largest absolute Gasteiger partial charge is 0.462 e. The molecular weight excluding hydrogens is 985 g/mol. The average Bonchev–Trinajstić information content (AvgIpc) is 3.46. The SMILES string of the molecule is CCCCCCCCCCCCCCCCCCCCCCCCCCCC(=O)OCC(COC(=O)CCCCCCCCCCCCCC)OC(=O)CCCCCCCCCCCCCCCCCCCCCCCCCCC. The third kappa shape index (κ3) is 67.2. The van der Waals surface area contributed by atoms with Crippen LogP contribution in [0.2, 0.25) is 0 Å². The van der Waals surface area contributed by atoms with Crippen molar-refractivity contribution in [3.8, 4) is 0 Å². The Morgan fingerprint density at radius 2 is 0.338 bits per heavy atom. The molecule has 0 bridgehead atoms. The van der Waals surface area contributed by atoms with Crippen LogP contribution in [0, 0.1) is 0 Å². The van der Waals surface area contributed by atoms with Gasteiger partial charge < -0.3 is 14.2 Å². The summed E-state index contributed by atoms with van der Waals surface area (Å²) < 4.78 is 17.0. The van der Waals surface area contributed by atoms with Gasteiger partial charge in [0.2, 0.25) is 0 Å². The maximum Gasteiger partial charge on any atom is 0.306 e. The van der Waals surface area contributed by atoms with Gasteiger partial charge in [0.1, 0.15) is 13.2 Å². The van der Waals surface area contributed by atoms with Crippen LogP contribution in [0.25, 0.3) is 0 Å². The number of rotatable bonds is 70. The van der Waals surface area contributed by atoms with Gasteiger partial charge in [-0.25, -0.2) is 0 Å². The lowest BCUT2D eigenvalue weighted by Crippen LogP contribution is -2.30. The Morgan fingerprint density at radius 3 is 0.500 bits per heavy atom. The van der Waals surface area contributed by atoms with Gasteiger partial charge in [-0.2, -0.15) is 0 Å². The zero-order chi connectivity index (χ0) is 57.8. The lowest BCUT2D eigenvalue weighted by Gasteiger charge is -2.18. The minimum atomic E-state index is -0.763. The first-order chi connectivity index (χ1) is 39.5. The molecule has 0 aliphatic carbocycles. The number of hydrogen-bond donors (Lipinski definition) is 0. The lowest BCUT2D eigenvalue weighted by atomic mass is 10.0. The molecule has 1 unspecified atom stereocenters. The number of esters is 3. The molecule has 0 amide bonds. The zero-order valence-electron chi connectivity index (χ0n) is 54.9. The van der Waals surface area contributed by atoms with Gasteiger partial charge in [0.25, 0.3) is 0 Å². The standard InChI is InChI=1S/C74H144O6/c1-4-7-10-13-16-19-22-25-27-29-31-33-35-37-39-41-43-45-47-49-52-55-58-61-64-67-73(76)79-70-71(69-78-72(75)66-63-60-57-54-51-24-21-18-15-12-9-6-3)80-74(77)68-65-62-59-56-53-50-48-46-44-42-40-38-36-34-32-30-28-26-23-20-17-14-11-8-5-2/h71H,4-70H2,1-3H3. The van der Waals surface area contributed by atoms with E-state index in [9.17, 15) is 14.4 Å². The third-order valence-electron chi connectivity index (χ3n) is 17.4. The fraction of sp³-hybridized carbons (Fsp3) is 0.959. The molecule has 0 radical (unpaired) electrons. The molecule has 0 fully saturated rings. The minimum Gasteiger partial charge on any atom is -0.462 e. The Hall–Kier alpha value is -1.59. The molecule has 0 aliphatic rings. The predicted molar refractivity (Wildman–Crippen MR) is 349 cm³/mol. The number of hydrogen-bond acceptors (Lipinski definition) is 6. The number of ether oxygens (including phenoxy) is 3.